The van der Waals surface area contributed by atoms with Gasteiger partial charge in [-0.15, -0.1) is 0 Å². The Balaban J connectivity index is 1.65. The highest BCUT2D eigenvalue weighted by Gasteiger charge is 2.18. The molecule has 0 spiro atoms. The first kappa shape index (κ1) is 18.2. The Morgan fingerprint density at radius 1 is 1.19 bits per heavy atom. The Bertz CT molecular complexity index is 817. The van der Waals surface area contributed by atoms with Gasteiger partial charge in [0, 0.05) is 29.8 Å². The minimum absolute atomic E-state index is 0.0486. The molecule has 0 fully saturated rings. The van der Waals surface area contributed by atoms with Crippen molar-refractivity contribution in [2.45, 2.75) is 38.6 Å². The largest absolute Gasteiger partial charge is 0.493 e. The minimum Gasteiger partial charge on any atom is -0.493 e. The molecule has 0 radical (unpaired) electrons. The zero-order chi connectivity index (χ0) is 18.7. The van der Waals surface area contributed by atoms with Gasteiger partial charge >= 0.3 is 0 Å². The topological polar surface area (TPSA) is 64.4 Å². The summed E-state index contributed by atoms with van der Waals surface area (Å²) in [6.45, 7) is 7.18. The molecule has 1 unspecified atom stereocenters. The molecule has 26 heavy (non-hydrogen) atoms. The molecule has 4 heteroatoms. The number of anilines is 1. The fourth-order valence-electron chi connectivity index (χ4n) is 2.95. The van der Waals surface area contributed by atoms with Gasteiger partial charge < -0.3 is 15.8 Å². The Morgan fingerprint density at radius 3 is 2.62 bits per heavy atom. The number of hydrogen-bond donors (Lipinski definition) is 2. The number of carbonyl (C=O) groups is 1. The maximum absolute atomic E-state index is 12.2. The van der Waals surface area contributed by atoms with Crippen LogP contribution >= 0.6 is 0 Å². The van der Waals surface area contributed by atoms with Crippen molar-refractivity contribution in [2.24, 2.45) is 5.73 Å². The molecule has 136 valence electrons. The van der Waals surface area contributed by atoms with Gasteiger partial charge in [-0.25, -0.2) is 0 Å². The molecule has 0 aromatic heterocycles. The highest BCUT2D eigenvalue weighted by atomic mass is 16.5. The van der Waals surface area contributed by atoms with Gasteiger partial charge in [0.05, 0.1) is 6.61 Å². The van der Waals surface area contributed by atoms with E-state index in [-0.39, 0.29) is 17.4 Å². The average Bonchev–Trinajstić information content (AvgIpc) is 2.60. The van der Waals surface area contributed by atoms with Crippen molar-refractivity contribution in [1.29, 1.82) is 0 Å². The van der Waals surface area contributed by atoms with Crippen molar-refractivity contribution in [1.82, 2.24) is 0 Å². The van der Waals surface area contributed by atoms with E-state index in [4.69, 9.17) is 10.5 Å². The molecule has 0 bridgehead atoms. The molecule has 1 atom stereocenters. The molecule has 1 amide bonds. The highest BCUT2D eigenvalue weighted by Crippen LogP contribution is 2.32. The van der Waals surface area contributed by atoms with Crippen LogP contribution in [0.15, 0.2) is 48.5 Å². The van der Waals surface area contributed by atoms with E-state index in [0.717, 1.165) is 29.0 Å². The predicted molar refractivity (Wildman–Crippen MR) is 106 cm³/mol. The van der Waals surface area contributed by atoms with Crippen molar-refractivity contribution >= 4 is 17.7 Å². The van der Waals surface area contributed by atoms with Crippen LogP contribution in [-0.2, 0) is 10.2 Å². The van der Waals surface area contributed by atoms with E-state index in [1.165, 1.54) is 5.56 Å². The summed E-state index contributed by atoms with van der Waals surface area (Å²) >= 11 is 0. The van der Waals surface area contributed by atoms with Gasteiger partial charge in [0.15, 0.2) is 0 Å². The van der Waals surface area contributed by atoms with Crippen LogP contribution in [0.5, 0.6) is 5.75 Å². The Kier molecular flexibility index (Phi) is 5.14. The first-order valence-corrected chi connectivity index (χ1v) is 8.95. The minimum atomic E-state index is -0.171. The van der Waals surface area contributed by atoms with E-state index in [2.05, 4.69) is 38.2 Å². The van der Waals surface area contributed by atoms with Gasteiger partial charge in [-0.1, -0.05) is 45.0 Å². The number of hydrogen-bond acceptors (Lipinski definition) is 3. The monoisotopic (exact) mass is 350 g/mol. The van der Waals surface area contributed by atoms with Crippen LogP contribution in [0, 0.1) is 0 Å². The van der Waals surface area contributed by atoms with Crippen LogP contribution < -0.4 is 15.8 Å². The summed E-state index contributed by atoms with van der Waals surface area (Å²) in [7, 11) is 0. The number of rotatable bonds is 3. The maximum atomic E-state index is 12.2. The third kappa shape index (κ3) is 4.33. The lowest BCUT2D eigenvalue weighted by atomic mass is 9.87. The molecule has 2 aromatic carbocycles. The molecule has 0 saturated carbocycles. The first-order valence-electron chi connectivity index (χ1n) is 8.95. The van der Waals surface area contributed by atoms with E-state index in [9.17, 15) is 4.79 Å². The highest BCUT2D eigenvalue weighted by molar-refractivity contribution is 6.02. The van der Waals surface area contributed by atoms with Crippen molar-refractivity contribution in [3.05, 3.63) is 65.2 Å². The van der Waals surface area contributed by atoms with Gasteiger partial charge in [-0.3, -0.25) is 4.79 Å². The number of nitrogens with two attached hydrogens (primary N) is 1. The van der Waals surface area contributed by atoms with E-state index in [1.54, 1.807) is 6.08 Å². The molecule has 1 aliphatic rings. The predicted octanol–water partition coefficient (Wildman–Crippen LogP) is 4.42. The molecule has 4 nitrogen and oxygen atoms in total. The molecule has 3 rings (SSSR count). The third-order valence-electron chi connectivity index (χ3n) is 4.57. The van der Waals surface area contributed by atoms with Gasteiger partial charge in [-0.05, 0) is 40.8 Å². The van der Waals surface area contributed by atoms with Gasteiger partial charge in [0.25, 0.3) is 0 Å². The molecule has 0 saturated heterocycles. The third-order valence-corrected chi connectivity index (χ3v) is 4.57. The lowest BCUT2D eigenvalue weighted by Crippen LogP contribution is -2.21. The summed E-state index contributed by atoms with van der Waals surface area (Å²) in [6.07, 6.45) is 4.14. The van der Waals surface area contributed by atoms with Crippen LogP contribution in [0.1, 0.15) is 49.9 Å². The van der Waals surface area contributed by atoms with Gasteiger partial charge in [-0.2, -0.15) is 0 Å². The standard InChI is InChI=1S/C22H26N2O2/c1-22(2,3)16-7-4-15(5-8-16)6-11-21(25)24-17-9-10-20-18(14-17)19(23)12-13-26-20/h4-11,14,19H,12-13,23H2,1-3H3,(H,24,25)/b11-6+. The Morgan fingerprint density at radius 2 is 1.92 bits per heavy atom. The van der Waals surface area contributed by atoms with E-state index in [0.29, 0.717) is 6.61 Å². The van der Waals surface area contributed by atoms with E-state index >= 15 is 0 Å². The molecule has 3 N–H and O–H groups in total. The van der Waals surface area contributed by atoms with Crippen molar-refractivity contribution in [2.75, 3.05) is 11.9 Å². The molecule has 1 aliphatic heterocycles. The summed E-state index contributed by atoms with van der Waals surface area (Å²) < 4.78 is 5.59. The van der Waals surface area contributed by atoms with Gasteiger partial charge in [0.2, 0.25) is 5.91 Å². The Labute approximate surface area is 155 Å². The molecular formula is C22H26N2O2. The van der Waals surface area contributed by atoms with Crippen LogP contribution in [0.2, 0.25) is 0 Å². The Hall–Kier alpha value is -2.59. The average molecular weight is 350 g/mol. The summed E-state index contributed by atoms with van der Waals surface area (Å²) in [5, 5.41) is 2.88. The zero-order valence-electron chi connectivity index (χ0n) is 15.6. The number of fused-ring (bicyclic) bond motifs is 1. The molecule has 1 heterocycles. The van der Waals surface area contributed by atoms with Crippen LogP contribution in [0.3, 0.4) is 0 Å². The molecular weight excluding hydrogens is 324 g/mol. The van der Waals surface area contributed by atoms with Crippen LogP contribution in [0.25, 0.3) is 6.08 Å². The van der Waals surface area contributed by atoms with E-state index in [1.807, 2.05) is 36.4 Å². The summed E-state index contributed by atoms with van der Waals surface area (Å²) in [5.41, 5.74) is 10.2. The number of ether oxygens (including phenoxy) is 1. The normalized spacial score (nSPS) is 16.8. The fourth-order valence-corrected chi connectivity index (χ4v) is 2.95. The van der Waals surface area contributed by atoms with Crippen molar-refractivity contribution < 1.29 is 9.53 Å². The van der Waals surface area contributed by atoms with Crippen molar-refractivity contribution in [3.8, 4) is 5.75 Å². The quantitative estimate of drug-likeness (QED) is 0.806. The van der Waals surface area contributed by atoms with Crippen molar-refractivity contribution in [3.63, 3.8) is 0 Å². The zero-order valence-corrected chi connectivity index (χ0v) is 15.6. The van der Waals surface area contributed by atoms with E-state index < -0.39 is 0 Å². The number of carbonyl (C=O) groups excluding carboxylic acids is 1. The first-order chi connectivity index (χ1) is 12.3. The molecule has 0 aliphatic carbocycles. The second-order valence-electron chi connectivity index (χ2n) is 7.69. The summed E-state index contributed by atoms with van der Waals surface area (Å²) in [5.74, 6) is 0.631. The van der Waals surface area contributed by atoms with Crippen LogP contribution in [0.4, 0.5) is 5.69 Å². The lowest BCUT2D eigenvalue weighted by Gasteiger charge is -2.23. The summed E-state index contributed by atoms with van der Waals surface area (Å²) in [4.78, 5) is 12.2. The number of benzene rings is 2. The lowest BCUT2D eigenvalue weighted by molar-refractivity contribution is -0.111. The molecule has 2 aromatic rings. The maximum Gasteiger partial charge on any atom is 0.248 e. The SMILES string of the molecule is CC(C)(C)c1ccc(/C=C/C(=O)Nc2ccc3c(c2)C(N)CCO3)cc1. The summed E-state index contributed by atoms with van der Waals surface area (Å²) in [6, 6.07) is 13.8. The smallest absolute Gasteiger partial charge is 0.248 e. The van der Waals surface area contributed by atoms with Crippen LogP contribution in [-0.4, -0.2) is 12.5 Å². The second-order valence-corrected chi connectivity index (χ2v) is 7.69. The number of nitrogens with one attached hydrogen (secondary N) is 1. The van der Waals surface area contributed by atoms with Gasteiger partial charge in [0.1, 0.15) is 5.75 Å². The fraction of sp³-hybridized carbons (Fsp3) is 0.318. The number of amides is 1. The second kappa shape index (κ2) is 7.34.